The third kappa shape index (κ3) is 3.92. The van der Waals surface area contributed by atoms with Crippen molar-refractivity contribution in [1.29, 1.82) is 0 Å². The molecule has 1 aromatic heterocycles. The van der Waals surface area contributed by atoms with Crippen LogP contribution in [-0.2, 0) is 9.84 Å². The van der Waals surface area contributed by atoms with Crippen LogP contribution in [0.25, 0.3) is 0 Å². The predicted octanol–water partition coefficient (Wildman–Crippen LogP) is 3.51. The molecule has 5 nitrogen and oxygen atoms in total. The maximum absolute atomic E-state index is 12.4. The van der Waals surface area contributed by atoms with E-state index in [0.29, 0.717) is 16.9 Å². The maximum atomic E-state index is 12.4. The summed E-state index contributed by atoms with van der Waals surface area (Å²) < 4.78 is 29.1. The molecule has 126 valence electrons. The third-order valence-electron chi connectivity index (χ3n) is 3.50. The van der Waals surface area contributed by atoms with Gasteiger partial charge in [-0.1, -0.05) is 30.3 Å². The lowest BCUT2D eigenvalue weighted by molar-refractivity contribution is 0.103. The topological polar surface area (TPSA) is 73.3 Å². The Labute approximate surface area is 145 Å². The molecular weight excluding hydrogens is 338 g/mol. The summed E-state index contributed by atoms with van der Waals surface area (Å²) in [6.45, 7) is 0. The lowest BCUT2D eigenvalue weighted by Gasteiger charge is -2.09. The van der Waals surface area contributed by atoms with Gasteiger partial charge in [-0.15, -0.1) is 0 Å². The molecule has 0 aliphatic heterocycles. The van der Waals surface area contributed by atoms with Gasteiger partial charge in [-0.3, -0.25) is 4.79 Å². The van der Waals surface area contributed by atoms with Gasteiger partial charge in [0.25, 0.3) is 0 Å². The quantitative estimate of drug-likeness (QED) is 0.656. The highest BCUT2D eigenvalue weighted by Gasteiger charge is 2.16. The Morgan fingerprint density at radius 2 is 1.52 bits per heavy atom. The number of benzene rings is 2. The number of aromatic nitrogens is 1. The van der Waals surface area contributed by atoms with Crippen LogP contribution in [0.4, 0.5) is 0 Å². The van der Waals surface area contributed by atoms with Gasteiger partial charge < -0.3 is 4.74 Å². The second-order valence-electron chi connectivity index (χ2n) is 5.40. The number of rotatable bonds is 5. The molecular formula is C19H15NO4S. The van der Waals surface area contributed by atoms with Crippen molar-refractivity contribution in [3.8, 4) is 11.6 Å². The summed E-state index contributed by atoms with van der Waals surface area (Å²) >= 11 is 0. The van der Waals surface area contributed by atoms with E-state index in [1.807, 2.05) is 6.07 Å². The highest BCUT2D eigenvalue weighted by Crippen LogP contribution is 2.26. The Hall–Kier alpha value is -2.99. The van der Waals surface area contributed by atoms with Gasteiger partial charge in [0.15, 0.2) is 15.6 Å². The van der Waals surface area contributed by atoms with E-state index in [1.165, 1.54) is 18.3 Å². The fourth-order valence-electron chi connectivity index (χ4n) is 2.28. The molecule has 2 aromatic carbocycles. The van der Waals surface area contributed by atoms with Gasteiger partial charge >= 0.3 is 0 Å². The molecule has 0 spiro atoms. The summed E-state index contributed by atoms with van der Waals surface area (Å²) in [6, 6.07) is 18.4. The monoisotopic (exact) mass is 353 g/mol. The molecule has 0 fully saturated rings. The Morgan fingerprint density at radius 1 is 0.880 bits per heavy atom. The summed E-state index contributed by atoms with van der Waals surface area (Å²) in [6.07, 6.45) is 2.55. The normalized spacial score (nSPS) is 11.1. The molecule has 0 aliphatic rings. The highest BCUT2D eigenvalue weighted by atomic mass is 32.2. The number of nitrogens with zero attached hydrogens (tertiary/aromatic N) is 1. The first-order chi connectivity index (χ1) is 11.9. The molecule has 3 aromatic rings. The van der Waals surface area contributed by atoms with E-state index in [9.17, 15) is 13.2 Å². The van der Waals surface area contributed by atoms with Crippen LogP contribution in [0, 0.1) is 0 Å². The molecule has 0 bridgehead atoms. The first kappa shape index (κ1) is 16.9. The van der Waals surface area contributed by atoms with Crippen LogP contribution < -0.4 is 4.74 Å². The molecule has 0 aliphatic carbocycles. The molecule has 0 N–H and O–H groups in total. The summed E-state index contributed by atoms with van der Waals surface area (Å²) in [4.78, 5) is 16.4. The number of ether oxygens (including phenoxy) is 1. The van der Waals surface area contributed by atoms with E-state index in [1.54, 1.807) is 48.5 Å². The SMILES string of the molecule is CS(=O)(=O)c1cccnc1Oc1ccc(C(=O)c2ccccc2)cc1. The van der Waals surface area contributed by atoms with Gasteiger partial charge in [0.2, 0.25) is 5.88 Å². The van der Waals surface area contributed by atoms with Crippen molar-refractivity contribution in [2.24, 2.45) is 0 Å². The first-order valence-electron chi connectivity index (χ1n) is 7.48. The van der Waals surface area contributed by atoms with Crippen LogP contribution in [0.3, 0.4) is 0 Å². The van der Waals surface area contributed by atoms with Gasteiger partial charge in [-0.25, -0.2) is 13.4 Å². The van der Waals surface area contributed by atoms with Crippen molar-refractivity contribution in [3.05, 3.63) is 84.1 Å². The van der Waals surface area contributed by atoms with Crippen LogP contribution in [0.5, 0.6) is 11.6 Å². The van der Waals surface area contributed by atoms with Crippen LogP contribution >= 0.6 is 0 Å². The fraction of sp³-hybridized carbons (Fsp3) is 0.0526. The highest BCUT2D eigenvalue weighted by molar-refractivity contribution is 7.90. The van der Waals surface area contributed by atoms with Gasteiger partial charge in [0, 0.05) is 23.6 Å². The largest absolute Gasteiger partial charge is 0.438 e. The molecule has 3 rings (SSSR count). The zero-order chi connectivity index (χ0) is 17.9. The van der Waals surface area contributed by atoms with Crippen LogP contribution in [0.2, 0.25) is 0 Å². The Kier molecular flexibility index (Phi) is 4.63. The summed E-state index contributed by atoms with van der Waals surface area (Å²) in [7, 11) is -3.45. The third-order valence-corrected chi connectivity index (χ3v) is 4.61. The van der Waals surface area contributed by atoms with Gasteiger partial charge in [0.1, 0.15) is 10.6 Å². The van der Waals surface area contributed by atoms with Crippen molar-refractivity contribution < 1.29 is 17.9 Å². The minimum Gasteiger partial charge on any atom is -0.438 e. The number of ketones is 1. The smallest absolute Gasteiger partial charge is 0.238 e. The van der Waals surface area contributed by atoms with Crippen LogP contribution in [-0.4, -0.2) is 25.4 Å². The number of pyridine rings is 1. The Bertz CT molecular complexity index is 997. The molecule has 6 heteroatoms. The Balaban J connectivity index is 1.84. The molecule has 0 radical (unpaired) electrons. The van der Waals surface area contributed by atoms with Crippen LogP contribution in [0.15, 0.2) is 77.8 Å². The van der Waals surface area contributed by atoms with Crippen LogP contribution in [0.1, 0.15) is 15.9 Å². The number of carbonyl (C=O) groups is 1. The van der Waals surface area contributed by atoms with Crippen molar-refractivity contribution in [1.82, 2.24) is 4.98 Å². The van der Waals surface area contributed by atoms with E-state index in [0.717, 1.165) is 6.26 Å². The average molecular weight is 353 g/mol. The number of hydrogen-bond donors (Lipinski definition) is 0. The van der Waals surface area contributed by atoms with Gasteiger partial charge in [-0.2, -0.15) is 0 Å². The summed E-state index contributed by atoms with van der Waals surface area (Å²) in [5.41, 5.74) is 1.11. The van der Waals surface area contributed by atoms with Gasteiger partial charge in [0.05, 0.1) is 0 Å². The maximum Gasteiger partial charge on any atom is 0.238 e. The van der Waals surface area contributed by atoms with Gasteiger partial charge in [-0.05, 0) is 36.4 Å². The van der Waals surface area contributed by atoms with Crippen molar-refractivity contribution in [2.75, 3.05) is 6.26 Å². The zero-order valence-electron chi connectivity index (χ0n) is 13.4. The molecule has 0 amide bonds. The molecule has 0 saturated carbocycles. The van der Waals surface area contributed by atoms with E-state index >= 15 is 0 Å². The van der Waals surface area contributed by atoms with Crippen molar-refractivity contribution in [3.63, 3.8) is 0 Å². The minimum absolute atomic E-state index is 0.00661. The molecule has 1 heterocycles. The van der Waals surface area contributed by atoms with Crippen molar-refractivity contribution in [2.45, 2.75) is 4.90 Å². The zero-order valence-corrected chi connectivity index (χ0v) is 14.2. The van der Waals surface area contributed by atoms with E-state index < -0.39 is 9.84 Å². The second-order valence-corrected chi connectivity index (χ2v) is 7.38. The van der Waals surface area contributed by atoms with E-state index in [2.05, 4.69) is 4.98 Å². The average Bonchev–Trinajstić information content (AvgIpc) is 2.62. The summed E-state index contributed by atoms with van der Waals surface area (Å²) in [5, 5.41) is 0. The Morgan fingerprint density at radius 3 is 2.16 bits per heavy atom. The predicted molar refractivity (Wildman–Crippen MR) is 93.7 cm³/mol. The fourth-order valence-corrected chi connectivity index (χ4v) is 3.01. The van der Waals surface area contributed by atoms with E-state index in [-0.39, 0.29) is 16.6 Å². The number of sulfone groups is 1. The molecule has 0 unspecified atom stereocenters. The lowest BCUT2D eigenvalue weighted by Crippen LogP contribution is -2.02. The standard InChI is InChI=1S/C19H15NO4S/c1-25(22,23)17-8-5-13-20-19(17)24-16-11-9-15(10-12-16)18(21)14-6-3-2-4-7-14/h2-13H,1H3. The first-order valence-corrected chi connectivity index (χ1v) is 9.37. The lowest BCUT2D eigenvalue weighted by atomic mass is 10.0. The number of hydrogen-bond acceptors (Lipinski definition) is 5. The minimum atomic E-state index is -3.45. The van der Waals surface area contributed by atoms with Crippen molar-refractivity contribution >= 4 is 15.6 Å². The second kappa shape index (κ2) is 6.86. The molecule has 25 heavy (non-hydrogen) atoms. The summed E-state index contributed by atoms with van der Waals surface area (Å²) in [5.74, 6) is 0.308. The number of carbonyl (C=O) groups excluding carboxylic acids is 1. The van der Waals surface area contributed by atoms with E-state index in [4.69, 9.17) is 4.74 Å². The molecule has 0 saturated heterocycles. The molecule has 0 atom stereocenters.